The summed E-state index contributed by atoms with van der Waals surface area (Å²) >= 11 is 0. The first-order chi connectivity index (χ1) is 5.33. The average Bonchev–Trinajstić information content (AvgIpc) is 2.02. The van der Waals surface area contributed by atoms with Crippen LogP contribution in [0.3, 0.4) is 0 Å². The van der Waals surface area contributed by atoms with Crippen LogP contribution in [0.1, 0.15) is 26.7 Å². The lowest BCUT2D eigenvalue weighted by Crippen LogP contribution is -2.27. The highest BCUT2D eigenvalue weighted by molar-refractivity contribution is 4.97. The Kier molecular flexibility index (Phi) is 3.68. The zero-order chi connectivity index (χ0) is 9.83. The highest BCUT2D eigenvalue weighted by Crippen LogP contribution is 2.20. The topological polar surface area (TPSA) is 40.5 Å². The van der Waals surface area contributed by atoms with Gasteiger partial charge < -0.3 is 10.2 Å². The molecule has 0 aliphatic rings. The van der Waals surface area contributed by atoms with Crippen LogP contribution in [0.4, 0.5) is 0 Å². The molecule has 0 fully saturated rings. The van der Waals surface area contributed by atoms with Gasteiger partial charge in [-0.3, -0.25) is 0 Å². The van der Waals surface area contributed by atoms with E-state index in [0.29, 0.717) is 12.8 Å². The van der Waals surface area contributed by atoms with Gasteiger partial charge in [-0.25, -0.2) is 0 Å². The largest absolute Gasteiger partial charge is 0.386 e. The number of aliphatic hydroxyl groups is 2. The molecule has 70 valence electrons. The van der Waals surface area contributed by atoms with Crippen molar-refractivity contribution in [1.82, 2.24) is 0 Å². The van der Waals surface area contributed by atoms with Crippen LogP contribution in [0, 0.1) is 0 Å². The molecule has 0 aromatic carbocycles. The third-order valence-corrected chi connectivity index (χ3v) is 2.02. The van der Waals surface area contributed by atoms with Gasteiger partial charge in [-0.15, -0.1) is 13.2 Å². The number of rotatable bonds is 5. The molecule has 2 unspecified atom stereocenters. The molecule has 0 bridgehead atoms. The monoisotopic (exact) mass is 170 g/mol. The first-order valence-corrected chi connectivity index (χ1v) is 4.05. The molecule has 0 aliphatic heterocycles. The van der Waals surface area contributed by atoms with Crippen molar-refractivity contribution in [1.29, 1.82) is 0 Å². The standard InChI is InChI=1S/C10H18O2/c1-5-9(3,11)7-8-10(4,12)6-2/h5-6,11-12H,1-2,7-8H2,3-4H3. The zero-order valence-corrected chi connectivity index (χ0v) is 7.88. The van der Waals surface area contributed by atoms with E-state index < -0.39 is 11.2 Å². The van der Waals surface area contributed by atoms with Crippen LogP contribution in [-0.2, 0) is 0 Å². The average molecular weight is 170 g/mol. The Morgan fingerprint density at radius 3 is 1.42 bits per heavy atom. The second-order valence-corrected chi connectivity index (χ2v) is 3.62. The summed E-state index contributed by atoms with van der Waals surface area (Å²) in [4.78, 5) is 0. The third kappa shape index (κ3) is 4.31. The Balaban J connectivity index is 3.98. The predicted molar refractivity (Wildman–Crippen MR) is 50.9 cm³/mol. The first-order valence-electron chi connectivity index (χ1n) is 4.05. The van der Waals surface area contributed by atoms with Crippen molar-refractivity contribution in [3.05, 3.63) is 25.3 Å². The van der Waals surface area contributed by atoms with Crippen LogP contribution in [0.2, 0.25) is 0 Å². The van der Waals surface area contributed by atoms with Crippen molar-refractivity contribution in [2.75, 3.05) is 0 Å². The Bertz CT molecular complexity index is 149. The van der Waals surface area contributed by atoms with Crippen molar-refractivity contribution in [2.45, 2.75) is 37.9 Å². The van der Waals surface area contributed by atoms with E-state index in [1.54, 1.807) is 13.8 Å². The van der Waals surface area contributed by atoms with Gasteiger partial charge in [-0.05, 0) is 26.7 Å². The second-order valence-electron chi connectivity index (χ2n) is 3.62. The molecule has 2 N–H and O–H groups in total. The van der Waals surface area contributed by atoms with E-state index in [9.17, 15) is 10.2 Å². The maximum Gasteiger partial charge on any atom is 0.0798 e. The quantitative estimate of drug-likeness (QED) is 0.616. The van der Waals surface area contributed by atoms with Gasteiger partial charge in [0.05, 0.1) is 11.2 Å². The summed E-state index contributed by atoms with van der Waals surface area (Å²) in [5.74, 6) is 0. The molecule has 2 atom stereocenters. The maximum absolute atomic E-state index is 9.52. The first kappa shape index (κ1) is 11.4. The lowest BCUT2D eigenvalue weighted by molar-refractivity contribution is 0.0482. The molecule has 0 aliphatic carbocycles. The van der Waals surface area contributed by atoms with Crippen molar-refractivity contribution in [2.24, 2.45) is 0 Å². The van der Waals surface area contributed by atoms with Crippen molar-refractivity contribution < 1.29 is 10.2 Å². The van der Waals surface area contributed by atoms with Gasteiger partial charge in [0.25, 0.3) is 0 Å². The highest BCUT2D eigenvalue weighted by atomic mass is 16.3. The fourth-order valence-corrected chi connectivity index (χ4v) is 0.710. The molecule has 2 heteroatoms. The molecule has 0 aromatic heterocycles. The van der Waals surface area contributed by atoms with Crippen LogP contribution in [0.5, 0.6) is 0 Å². The Labute approximate surface area is 74.2 Å². The summed E-state index contributed by atoms with van der Waals surface area (Å²) in [6.07, 6.45) is 3.92. The van der Waals surface area contributed by atoms with Crippen molar-refractivity contribution >= 4 is 0 Å². The van der Waals surface area contributed by atoms with Crippen LogP contribution < -0.4 is 0 Å². The molecular formula is C10H18O2. The highest BCUT2D eigenvalue weighted by Gasteiger charge is 2.22. The normalized spacial score (nSPS) is 20.7. The van der Waals surface area contributed by atoms with E-state index in [1.807, 2.05) is 0 Å². The molecule has 0 saturated carbocycles. The fourth-order valence-electron chi connectivity index (χ4n) is 0.710. The Morgan fingerprint density at radius 1 is 1.00 bits per heavy atom. The minimum Gasteiger partial charge on any atom is -0.386 e. The SMILES string of the molecule is C=CC(C)(O)CCC(C)(O)C=C. The maximum atomic E-state index is 9.52. The van der Waals surface area contributed by atoms with Gasteiger partial charge in [-0.1, -0.05) is 12.2 Å². The van der Waals surface area contributed by atoms with Gasteiger partial charge in [0.1, 0.15) is 0 Å². The molecule has 0 heterocycles. The smallest absolute Gasteiger partial charge is 0.0798 e. The molecule has 0 radical (unpaired) electrons. The molecule has 2 nitrogen and oxygen atoms in total. The molecule has 0 saturated heterocycles. The van der Waals surface area contributed by atoms with E-state index in [2.05, 4.69) is 13.2 Å². The minimum atomic E-state index is -0.896. The predicted octanol–water partition coefficient (Wildman–Crippen LogP) is 1.64. The fraction of sp³-hybridized carbons (Fsp3) is 0.600. The lowest BCUT2D eigenvalue weighted by Gasteiger charge is -2.24. The van der Waals surface area contributed by atoms with Gasteiger partial charge in [0.15, 0.2) is 0 Å². The van der Waals surface area contributed by atoms with E-state index in [4.69, 9.17) is 0 Å². The van der Waals surface area contributed by atoms with Crippen molar-refractivity contribution in [3.8, 4) is 0 Å². The second kappa shape index (κ2) is 3.87. The molecular weight excluding hydrogens is 152 g/mol. The summed E-state index contributed by atoms with van der Waals surface area (Å²) < 4.78 is 0. The molecule has 12 heavy (non-hydrogen) atoms. The summed E-state index contributed by atoms with van der Waals surface area (Å²) in [7, 11) is 0. The summed E-state index contributed by atoms with van der Waals surface area (Å²) in [6, 6.07) is 0. The van der Waals surface area contributed by atoms with Crippen LogP contribution in [0.25, 0.3) is 0 Å². The van der Waals surface area contributed by atoms with Crippen LogP contribution in [0.15, 0.2) is 25.3 Å². The summed E-state index contributed by atoms with van der Waals surface area (Å²) in [5, 5.41) is 19.0. The number of hydrogen-bond acceptors (Lipinski definition) is 2. The molecule has 0 amide bonds. The van der Waals surface area contributed by atoms with Crippen LogP contribution in [-0.4, -0.2) is 21.4 Å². The van der Waals surface area contributed by atoms with Gasteiger partial charge >= 0.3 is 0 Å². The third-order valence-electron chi connectivity index (χ3n) is 2.02. The molecule has 0 spiro atoms. The lowest BCUT2D eigenvalue weighted by atomic mass is 9.92. The van der Waals surface area contributed by atoms with Crippen LogP contribution >= 0.6 is 0 Å². The van der Waals surface area contributed by atoms with E-state index in [0.717, 1.165) is 0 Å². The van der Waals surface area contributed by atoms with Gasteiger partial charge in [0.2, 0.25) is 0 Å². The number of hydrogen-bond donors (Lipinski definition) is 2. The Hall–Kier alpha value is -0.600. The van der Waals surface area contributed by atoms with Gasteiger partial charge in [-0.2, -0.15) is 0 Å². The molecule has 0 rings (SSSR count). The van der Waals surface area contributed by atoms with E-state index in [-0.39, 0.29) is 0 Å². The summed E-state index contributed by atoms with van der Waals surface area (Å²) in [6.45, 7) is 10.3. The van der Waals surface area contributed by atoms with Gasteiger partial charge in [0, 0.05) is 0 Å². The van der Waals surface area contributed by atoms with E-state index in [1.165, 1.54) is 12.2 Å². The summed E-state index contributed by atoms with van der Waals surface area (Å²) in [5.41, 5.74) is -1.79. The van der Waals surface area contributed by atoms with Crippen molar-refractivity contribution in [3.63, 3.8) is 0 Å². The molecule has 0 aromatic rings. The minimum absolute atomic E-state index is 0.482. The van der Waals surface area contributed by atoms with E-state index >= 15 is 0 Å². The Morgan fingerprint density at radius 2 is 1.25 bits per heavy atom. The zero-order valence-electron chi connectivity index (χ0n) is 7.88.